The van der Waals surface area contributed by atoms with Crippen molar-refractivity contribution in [2.24, 2.45) is 0 Å². The number of rotatable bonds is 2. The molecule has 3 nitrogen and oxygen atoms in total. The Bertz CT molecular complexity index is 375. The minimum absolute atomic E-state index is 0.00733. The number of amides is 1. The van der Waals surface area contributed by atoms with Gasteiger partial charge in [-0.2, -0.15) is 0 Å². The van der Waals surface area contributed by atoms with E-state index in [2.05, 4.69) is 11.2 Å². The van der Waals surface area contributed by atoms with Crippen molar-refractivity contribution in [3.8, 4) is 18.1 Å². The third kappa shape index (κ3) is 2.02. The number of phenolic OH excluding ortho intramolecular Hbond substituents is 1. The van der Waals surface area contributed by atoms with Crippen molar-refractivity contribution in [2.75, 3.05) is 6.54 Å². The first-order chi connectivity index (χ1) is 6.66. The molecular formula is C10H8FNO2. The molecule has 0 aliphatic rings. The Morgan fingerprint density at radius 2 is 2.36 bits per heavy atom. The van der Waals surface area contributed by atoms with Crippen LogP contribution in [0.4, 0.5) is 4.39 Å². The zero-order chi connectivity index (χ0) is 10.6. The summed E-state index contributed by atoms with van der Waals surface area (Å²) in [5.41, 5.74) is -0.386. The van der Waals surface area contributed by atoms with Gasteiger partial charge in [0.2, 0.25) is 0 Å². The molecule has 0 spiro atoms. The summed E-state index contributed by atoms with van der Waals surface area (Å²) in [4.78, 5) is 11.2. The summed E-state index contributed by atoms with van der Waals surface area (Å²) < 4.78 is 13.1. The van der Waals surface area contributed by atoms with Crippen LogP contribution in [0.1, 0.15) is 10.4 Å². The van der Waals surface area contributed by atoms with Crippen LogP contribution in [-0.2, 0) is 0 Å². The summed E-state index contributed by atoms with van der Waals surface area (Å²) >= 11 is 0. The molecular weight excluding hydrogens is 185 g/mol. The van der Waals surface area contributed by atoms with Gasteiger partial charge in [0, 0.05) is 0 Å². The molecule has 0 aromatic heterocycles. The van der Waals surface area contributed by atoms with Crippen LogP contribution in [0.15, 0.2) is 18.2 Å². The molecule has 0 saturated heterocycles. The van der Waals surface area contributed by atoms with Crippen LogP contribution in [0.25, 0.3) is 0 Å². The lowest BCUT2D eigenvalue weighted by molar-refractivity contribution is 0.0952. The molecule has 0 bridgehead atoms. The summed E-state index contributed by atoms with van der Waals surface area (Å²) in [6.45, 7) is -0.00733. The van der Waals surface area contributed by atoms with Crippen molar-refractivity contribution in [1.82, 2.24) is 5.32 Å². The van der Waals surface area contributed by atoms with Crippen LogP contribution in [0.3, 0.4) is 0 Å². The van der Waals surface area contributed by atoms with Crippen LogP contribution in [0, 0.1) is 18.2 Å². The van der Waals surface area contributed by atoms with Gasteiger partial charge in [-0.05, 0) is 12.1 Å². The van der Waals surface area contributed by atoms with E-state index in [1.54, 1.807) is 0 Å². The lowest BCUT2D eigenvalue weighted by Crippen LogP contribution is -2.24. The van der Waals surface area contributed by atoms with Gasteiger partial charge in [-0.1, -0.05) is 12.0 Å². The van der Waals surface area contributed by atoms with Gasteiger partial charge < -0.3 is 10.4 Å². The number of carbonyl (C=O) groups is 1. The molecule has 1 rings (SSSR count). The Balaban J connectivity index is 2.95. The Labute approximate surface area is 80.6 Å². The SMILES string of the molecule is C#CCNC(=O)c1c(O)cccc1F. The number of phenols is 1. The standard InChI is InChI=1S/C10H8FNO2/c1-2-6-12-10(14)9-7(11)4-3-5-8(9)13/h1,3-5,13H,6H2,(H,12,14). The lowest BCUT2D eigenvalue weighted by Gasteiger charge is -2.04. The monoisotopic (exact) mass is 193 g/mol. The predicted octanol–water partition coefficient (Wildman–Crippen LogP) is 0.894. The lowest BCUT2D eigenvalue weighted by atomic mass is 10.2. The summed E-state index contributed by atoms with van der Waals surface area (Å²) in [5.74, 6) is 0.266. The minimum Gasteiger partial charge on any atom is -0.507 e. The molecule has 1 amide bonds. The Morgan fingerprint density at radius 1 is 1.64 bits per heavy atom. The first-order valence-electron chi connectivity index (χ1n) is 3.86. The highest BCUT2D eigenvalue weighted by molar-refractivity contribution is 5.97. The van der Waals surface area contributed by atoms with E-state index >= 15 is 0 Å². The molecule has 2 N–H and O–H groups in total. The fraction of sp³-hybridized carbons (Fsp3) is 0.100. The summed E-state index contributed by atoms with van der Waals surface area (Å²) in [7, 11) is 0. The molecule has 0 unspecified atom stereocenters. The fourth-order valence-corrected chi connectivity index (χ4v) is 0.957. The molecule has 0 aliphatic heterocycles. The van der Waals surface area contributed by atoms with Gasteiger partial charge in [0.25, 0.3) is 5.91 Å². The maximum absolute atomic E-state index is 13.1. The van der Waals surface area contributed by atoms with E-state index in [-0.39, 0.29) is 12.1 Å². The van der Waals surface area contributed by atoms with Crippen molar-refractivity contribution in [1.29, 1.82) is 0 Å². The van der Waals surface area contributed by atoms with Crippen LogP contribution in [0.5, 0.6) is 5.75 Å². The van der Waals surface area contributed by atoms with Gasteiger partial charge in [0.05, 0.1) is 6.54 Å². The average molecular weight is 193 g/mol. The normalized spacial score (nSPS) is 9.14. The minimum atomic E-state index is -0.778. The average Bonchev–Trinajstić information content (AvgIpc) is 2.14. The number of nitrogens with one attached hydrogen (secondary N) is 1. The third-order valence-electron chi connectivity index (χ3n) is 1.57. The maximum Gasteiger partial charge on any atom is 0.258 e. The molecule has 72 valence electrons. The van der Waals surface area contributed by atoms with E-state index in [4.69, 9.17) is 6.42 Å². The van der Waals surface area contributed by atoms with Gasteiger partial charge >= 0.3 is 0 Å². The third-order valence-corrected chi connectivity index (χ3v) is 1.57. The van der Waals surface area contributed by atoms with E-state index in [1.807, 2.05) is 0 Å². The smallest absolute Gasteiger partial charge is 0.258 e. The first-order valence-corrected chi connectivity index (χ1v) is 3.86. The Kier molecular flexibility index (Phi) is 3.08. The van der Waals surface area contributed by atoms with Crippen LogP contribution < -0.4 is 5.32 Å². The van der Waals surface area contributed by atoms with Crippen molar-refractivity contribution < 1.29 is 14.3 Å². The quantitative estimate of drug-likeness (QED) is 0.685. The van der Waals surface area contributed by atoms with Crippen molar-refractivity contribution in [3.63, 3.8) is 0 Å². The topological polar surface area (TPSA) is 49.3 Å². The number of terminal acetylenes is 1. The molecule has 4 heteroatoms. The second-order valence-electron chi connectivity index (χ2n) is 2.52. The second kappa shape index (κ2) is 4.28. The van der Waals surface area contributed by atoms with Crippen LogP contribution in [0.2, 0.25) is 0 Å². The molecule has 0 atom stereocenters. The van der Waals surface area contributed by atoms with E-state index < -0.39 is 17.5 Å². The highest BCUT2D eigenvalue weighted by atomic mass is 19.1. The number of benzene rings is 1. The molecule has 0 fully saturated rings. The molecule has 14 heavy (non-hydrogen) atoms. The van der Waals surface area contributed by atoms with Gasteiger partial charge in [-0.3, -0.25) is 4.79 Å². The highest BCUT2D eigenvalue weighted by Gasteiger charge is 2.15. The van der Waals surface area contributed by atoms with E-state index in [0.717, 1.165) is 6.07 Å². The number of carbonyl (C=O) groups excluding carboxylic acids is 1. The molecule has 1 aromatic rings. The van der Waals surface area contributed by atoms with Crippen molar-refractivity contribution in [3.05, 3.63) is 29.6 Å². The highest BCUT2D eigenvalue weighted by Crippen LogP contribution is 2.19. The van der Waals surface area contributed by atoms with Gasteiger partial charge in [-0.25, -0.2) is 4.39 Å². The largest absolute Gasteiger partial charge is 0.507 e. The second-order valence-corrected chi connectivity index (χ2v) is 2.52. The number of halogens is 1. The first kappa shape index (κ1) is 10.1. The molecule has 0 aliphatic carbocycles. The molecule has 0 saturated carbocycles. The summed E-state index contributed by atoms with van der Waals surface area (Å²) in [6.07, 6.45) is 4.91. The van der Waals surface area contributed by atoms with Gasteiger partial charge in [-0.15, -0.1) is 6.42 Å². The fourth-order valence-electron chi connectivity index (χ4n) is 0.957. The van der Waals surface area contributed by atoms with Crippen molar-refractivity contribution >= 4 is 5.91 Å². The van der Waals surface area contributed by atoms with E-state index in [1.165, 1.54) is 12.1 Å². The van der Waals surface area contributed by atoms with E-state index in [0.29, 0.717) is 0 Å². The zero-order valence-electron chi connectivity index (χ0n) is 7.25. The predicted molar refractivity (Wildman–Crippen MR) is 49.2 cm³/mol. The molecule has 0 heterocycles. The summed E-state index contributed by atoms with van der Waals surface area (Å²) in [6, 6.07) is 3.63. The van der Waals surface area contributed by atoms with E-state index in [9.17, 15) is 14.3 Å². The number of aromatic hydroxyl groups is 1. The Hall–Kier alpha value is -2.02. The number of hydrogen-bond donors (Lipinski definition) is 2. The molecule has 0 radical (unpaired) electrons. The van der Waals surface area contributed by atoms with Crippen LogP contribution in [-0.4, -0.2) is 17.6 Å². The summed E-state index contributed by atoms with van der Waals surface area (Å²) in [5, 5.41) is 11.5. The van der Waals surface area contributed by atoms with Gasteiger partial charge in [0.1, 0.15) is 17.1 Å². The number of hydrogen-bond acceptors (Lipinski definition) is 2. The zero-order valence-corrected chi connectivity index (χ0v) is 7.25. The Morgan fingerprint density at radius 3 is 2.93 bits per heavy atom. The van der Waals surface area contributed by atoms with Gasteiger partial charge in [0.15, 0.2) is 0 Å². The van der Waals surface area contributed by atoms with Crippen LogP contribution >= 0.6 is 0 Å². The molecule has 1 aromatic carbocycles. The van der Waals surface area contributed by atoms with Crippen molar-refractivity contribution in [2.45, 2.75) is 0 Å². The maximum atomic E-state index is 13.1.